The molecule has 3 aromatic heterocycles. The number of halogens is 2. The Balaban J connectivity index is 1.41. The predicted molar refractivity (Wildman–Crippen MR) is 151 cm³/mol. The molecule has 0 saturated heterocycles. The zero-order valence-corrected chi connectivity index (χ0v) is 23.3. The number of alkyl halides is 1. The Labute approximate surface area is 233 Å². The van der Waals surface area contributed by atoms with Gasteiger partial charge in [-0.15, -0.1) is 0 Å². The summed E-state index contributed by atoms with van der Waals surface area (Å²) in [5.41, 5.74) is 3.04. The Morgan fingerprint density at radius 2 is 1.95 bits per heavy atom. The number of nitrogens with zero attached hydrogens (tertiary/aromatic N) is 5. The minimum atomic E-state index is -1.31. The molecule has 2 unspecified atom stereocenters. The summed E-state index contributed by atoms with van der Waals surface area (Å²) in [4.78, 5) is 24.6. The second-order valence-electron chi connectivity index (χ2n) is 11.2. The van der Waals surface area contributed by atoms with Crippen molar-refractivity contribution in [2.75, 3.05) is 20.6 Å². The van der Waals surface area contributed by atoms with E-state index in [-0.39, 0.29) is 29.5 Å². The number of carbonyl (C=O) groups excluding carboxylic acids is 1. The van der Waals surface area contributed by atoms with Gasteiger partial charge in [0.25, 0.3) is 5.91 Å². The first-order valence-corrected chi connectivity index (χ1v) is 13.6. The highest BCUT2D eigenvalue weighted by Gasteiger charge is 2.38. The molecule has 0 aliphatic heterocycles. The summed E-state index contributed by atoms with van der Waals surface area (Å²) in [6.45, 7) is 4.49. The van der Waals surface area contributed by atoms with E-state index >= 15 is 8.78 Å². The van der Waals surface area contributed by atoms with E-state index in [0.29, 0.717) is 24.6 Å². The molecule has 4 aromatic rings. The molecule has 1 N–H and O–H groups in total. The number of carbonyl (C=O) groups is 1. The lowest BCUT2D eigenvalue weighted by atomic mass is 9.77. The van der Waals surface area contributed by atoms with Crippen LogP contribution in [0.2, 0.25) is 0 Å². The first kappa shape index (κ1) is 27.7. The molecule has 3 heterocycles. The van der Waals surface area contributed by atoms with Crippen LogP contribution in [-0.4, -0.2) is 57.3 Å². The van der Waals surface area contributed by atoms with Gasteiger partial charge in [-0.3, -0.25) is 9.78 Å². The fourth-order valence-corrected chi connectivity index (χ4v) is 5.23. The number of rotatable bonds is 8. The third kappa shape index (κ3) is 5.84. The molecule has 0 spiro atoms. The molecular formula is C31H34F2N6O. The maximum Gasteiger partial charge on any atom is 0.251 e. The normalized spacial score (nSPS) is 17.7. The van der Waals surface area contributed by atoms with Gasteiger partial charge in [-0.1, -0.05) is 19.9 Å². The van der Waals surface area contributed by atoms with Crippen molar-refractivity contribution < 1.29 is 13.6 Å². The van der Waals surface area contributed by atoms with Crippen molar-refractivity contribution in [3.05, 3.63) is 83.2 Å². The van der Waals surface area contributed by atoms with Gasteiger partial charge in [0, 0.05) is 34.8 Å². The molecule has 1 amide bonds. The summed E-state index contributed by atoms with van der Waals surface area (Å²) in [6.07, 6.45) is 6.72. The van der Waals surface area contributed by atoms with Crippen LogP contribution in [0, 0.1) is 11.7 Å². The molecule has 5 rings (SSSR count). The monoisotopic (exact) mass is 544 g/mol. The number of hydrogen-bond acceptors (Lipinski definition) is 6. The third-order valence-electron chi connectivity index (χ3n) is 7.84. The summed E-state index contributed by atoms with van der Waals surface area (Å²) in [5, 5.41) is 11.3. The van der Waals surface area contributed by atoms with Crippen molar-refractivity contribution in [2.45, 2.75) is 51.2 Å². The van der Waals surface area contributed by atoms with Crippen LogP contribution in [0.25, 0.3) is 22.2 Å². The van der Waals surface area contributed by atoms with Gasteiger partial charge < -0.3 is 10.2 Å². The van der Waals surface area contributed by atoms with Crippen molar-refractivity contribution in [2.24, 2.45) is 5.92 Å². The Bertz CT molecular complexity index is 1510. The van der Waals surface area contributed by atoms with E-state index in [1.807, 2.05) is 51.0 Å². The van der Waals surface area contributed by atoms with Crippen LogP contribution in [0.3, 0.4) is 0 Å². The first-order chi connectivity index (χ1) is 19.1. The number of aryl methyl sites for hydroxylation is 1. The Morgan fingerprint density at radius 3 is 2.62 bits per heavy atom. The van der Waals surface area contributed by atoms with Crippen LogP contribution in [0.15, 0.2) is 55.0 Å². The molecule has 208 valence electrons. The number of aromatic nitrogens is 4. The molecule has 0 saturated carbocycles. The summed E-state index contributed by atoms with van der Waals surface area (Å²) in [6, 6.07) is 9.97. The summed E-state index contributed by atoms with van der Waals surface area (Å²) in [7, 11) is 3.93. The van der Waals surface area contributed by atoms with Gasteiger partial charge in [-0.2, -0.15) is 10.2 Å². The Morgan fingerprint density at radius 1 is 1.12 bits per heavy atom. The van der Waals surface area contributed by atoms with Gasteiger partial charge in [0.15, 0.2) is 0 Å². The van der Waals surface area contributed by atoms with Crippen LogP contribution in [0.4, 0.5) is 8.78 Å². The smallest absolute Gasteiger partial charge is 0.251 e. The highest BCUT2D eigenvalue weighted by molar-refractivity contribution is 5.98. The Kier molecular flexibility index (Phi) is 7.85. The fraction of sp³-hybridized carbons (Fsp3) is 0.387. The minimum Gasteiger partial charge on any atom is -0.345 e. The standard InChI is InChI=1S/C31H34F2N6O/c1-19(2)31(33)10-7-27-24(16-31)14-22-13-23(15-25(32)29(22)37-27)30(40)38-28(9-12-39(3)4)20-5-6-26(34-17-20)21-8-11-35-36-18-21/h5-6,8,11,13-15,17-19,28H,7,9-10,12,16H2,1-4H3,(H,38,40). The third-order valence-corrected chi connectivity index (χ3v) is 7.84. The Hall–Kier alpha value is -3.85. The number of benzene rings is 1. The van der Waals surface area contributed by atoms with Gasteiger partial charge in [0.05, 0.1) is 24.1 Å². The molecule has 1 aliphatic rings. The van der Waals surface area contributed by atoms with Crippen molar-refractivity contribution in [1.29, 1.82) is 0 Å². The van der Waals surface area contributed by atoms with Crippen molar-refractivity contribution >= 4 is 16.8 Å². The van der Waals surface area contributed by atoms with E-state index < -0.39 is 17.4 Å². The molecule has 0 fully saturated rings. The van der Waals surface area contributed by atoms with E-state index in [1.54, 1.807) is 30.7 Å². The number of amides is 1. The number of pyridine rings is 2. The molecule has 0 bridgehead atoms. The first-order valence-electron chi connectivity index (χ1n) is 13.6. The number of hydrogen-bond donors (Lipinski definition) is 1. The van der Waals surface area contributed by atoms with E-state index in [2.05, 4.69) is 25.5 Å². The van der Waals surface area contributed by atoms with Crippen molar-refractivity contribution in [1.82, 2.24) is 30.4 Å². The summed E-state index contributed by atoms with van der Waals surface area (Å²) < 4.78 is 30.7. The number of nitrogens with one attached hydrogen (secondary N) is 1. The average Bonchev–Trinajstić information content (AvgIpc) is 2.94. The van der Waals surface area contributed by atoms with Crippen molar-refractivity contribution in [3.8, 4) is 11.3 Å². The predicted octanol–water partition coefficient (Wildman–Crippen LogP) is 5.50. The second-order valence-corrected chi connectivity index (χ2v) is 11.2. The largest absolute Gasteiger partial charge is 0.345 e. The van der Waals surface area contributed by atoms with Gasteiger partial charge in [-0.25, -0.2) is 13.8 Å². The molecule has 40 heavy (non-hydrogen) atoms. The fourth-order valence-electron chi connectivity index (χ4n) is 5.23. The van der Waals surface area contributed by atoms with Crippen LogP contribution in [0.1, 0.15) is 59.9 Å². The lowest BCUT2D eigenvalue weighted by molar-refractivity contribution is 0.0821. The van der Waals surface area contributed by atoms with Gasteiger partial charge in [0.1, 0.15) is 17.0 Å². The lowest BCUT2D eigenvalue weighted by Crippen LogP contribution is -2.36. The molecule has 1 aliphatic carbocycles. The van der Waals surface area contributed by atoms with Crippen LogP contribution >= 0.6 is 0 Å². The molecule has 9 heteroatoms. The maximum absolute atomic E-state index is 15.4. The van der Waals surface area contributed by atoms with E-state index in [1.165, 1.54) is 6.07 Å². The SMILES string of the molecule is CC(C)C1(F)CCc2nc3c(F)cc(C(=O)NC(CCN(C)C)c4ccc(-c5ccnnc5)nc4)cc3cc2C1. The van der Waals surface area contributed by atoms with E-state index in [4.69, 9.17) is 0 Å². The minimum absolute atomic E-state index is 0.130. The van der Waals surface area contributed by atoms with Crippen LogP contribution < -0.4 is 5.32 Å². The molecule has 2 atom stereocenters. The van der Waals surface area contributed by atoms with Crippen molar-refractivity contribution in [3.63, 3.8) is 0 Å². The van der Waals surface area contributed by atoms with Crippen LogP contribution in [0.5, 0.6) is 0 Å². The zero-order chi connectivity index (χ0) is 28.4. The highest BCUT2D eigenvalue weighted by Crippen LogP contribution is 2.38. The van der Waals surface area contributed by atoms with E-state index in [9.17, 15) is 4.79 Å². The van der Waals surface area contributed by atoms with Gasteiger partial charge in [0.2, 0.25) is 0 Å². The lowest BCUT2D eigenvalue weighted by Gasteiger charge is -2.34. The van der Waals surface area contributed by atoms with Gasteiger partial charge in [-0.05, 0) is 87.3 Å². The van der Waals surface area contributed by atoms with E-state index in [0.717, 1.165) is 34.6 Å². The number of fused-ring (bicyclic) bond motifs is 2. The molecular weight excluding hydrogens is 510 g/mol. The molecule has 1 aromatic carbocycles. The quantitative estimate of drug-likeness (QED) is 0.315. The molecule has 0 radical (unpaired) electrons. The topological polar surface area (TPSA) is 83.9 Å². The highest BCUT2D eigenvalue weighted by atomic mass is 19.1. The second kappa shape index (κ2) is 11.3. The average molecular weight is 545 g/mol. The molecule has 7 nitrogen and oxygen atoms in total. The summed E-state index contributed by atoms with van der Waals surface area (Å²) in [5.74, 6) is -1.09. The maximum atomic E-state index is 15.4. The zero-order valence-electron chi connectivity index (χ0n) is 23.3. The van der Waals surface area contributed by atoms with Gasteiger partial charge >= 0.3 is 0 Å². The summed E-state index contributed by atoms with van der Waals surface area (Å²) >= 11 is 0. The van der Waals surface area contributed by atoms with Crippen LogP contribution in [-0.2, 0) is 12.8 Å².